The second-order valence-electron chi connectivity index (χ2n) is 6.97. The first-order chi connectivity index (χ1) is 12.6. The number of hydrogen-bond donors (Lipinski definition) is 1. The van der Waals surface area contributed by atoms with E-state index in [2.05, 4.69) is 46.7 Å². The van der Waals surface area contributed by atoms with Gasteiger partial charge in [-0.3, -0.25) is 0 Å². The zero-order valence-corrected chi connectivity index (χ0v) is 16.5. The molecule has 1 saturated heterocycles. The first kappa shape index (κ1) is 19.5. The molecule has 0 saturated carbocycles. The molecule has 1 aliphatic rings. The average Bonchev–Trinajstić information content (AvgIpc) is 3.15. The van der Waals surface area contributed by atoms with Crippen LogP contribution < -0.4 is 0 Å². The van der Waals surface area contributed by atoms with E-state index in [4.69, 9.17) is 9.47 Å². The van der Waals surface area contributed by atoms with E-state index in [1.165, 1.54) is 10.4 Å². The SMILES string of the molecule is COC(Cc1sccc1C1(O)CCN(CCc2ccccc2)CC1)OC. The summed E-state index contributed by atoms with van der Waals surface area (Å²) in [5, 5.41) is 13.3. The van der Waals surface area contributed by atoms with Crippen LogP contribution in [0, 0.1) is 0 Å². The zero-order valence-electron chi connectivity index (χ0n) is 15.7. The summed E-state index contributed by atoms with van der Waals surface area (Å²) in [7, 11) is 3.31. The van der Waals surface area contributed by atoms with Gasteiger partial charge in [-0.25, -0.2) is 0 Å². The highest BCUT2D eigenvalue weighted by molar-refractivity contribution is 7.10. The smallest absolute Gasteiger partial charge is 0.161 e. The molecule has 26 heavy (non-hydrogen) atoms. The van der Waals surface area contributed by atoms with Gasteiger partial charge in [0.05, 0.1) is 5.60 Å². The predicted octanol–water partition coefficient (Wildman–Crippen LogP) is 3.44. The Balaban J connectivity index is 1.57. The van der Waals surface area contributed by atoms with Gasteiger partial charge in [-0.1, -0.05) is 30.3 Å². The van der Waals surface area contributed by atoms with Crippen molar-refractivity contribution in [3.8, 4) is 0 Å². The Hall–Kier alpha value is -1.24. The molecule has 3 rings (SSSR count). The zero-order chi connectivity index (χ0) is 18.4. The summed E-state index contributed by atoms with van der Waals surface area (Å²) in [6.07, 6.45) is 3.03. The molecule has 5 heteroatoms. The van der Waals surface area contributed by atoms with Crippen molar-refractivity contribution in [2.45, 2.75) is 37.6 Å². The van der Waals surface area contributed by atoms with Gasteiger partial charge in [-0.15, -0.1) is 11.3 Å². The molecule has 2 heterocycles. The molecule has 0 radical (unpaired) electrons. The lowest BCUT2D eigenvalue weighted by Gasteiger charge is -2.38. The van der Waals surface area contributed by atoms with Gasteiger partial charge in [-0.2, -0.15) is 0 Å². The fourth-order valence-electron chi connectivity index (χ4n) is 3.68. The Morgan fingerprint density at radius 3 is 2.46 bits per heavy atom. The van der Waals surface area contributed by atoms with Crippen molar-refractivity contribution in [3.05, 3.63) is 57.8 Å². The lowest BCUT2D eigenvalue weighted by molar-refractivity contribution is -0.101. The topological polar surface area (TPSA) is 41.9 Å². The van der Waals surface area contributed by atoms with Gasteiger partial charge in [0.1, 0.15) is 0 Å². The fraction of sp³-hybridized carbons (Fsp3) is 0.524. The molecular weight excluding hydrogens is 346 g/mol. The van der Waals surface area contributed by atoms with Crippen molar-refractivity contribution < 1.29 is 14.6 Å². The molecule has 2 aromatic rings. The summed E-state index contributed by atoms with van der Waals surface area (Å²) in [5.41, 5.74) is 1.70. The largest absolute Gasteiger partial charge is 0.385 e. The summed E-state index contributed by atoms with van der Waals surface area (Å²) >= 11 is 1.68. The van der Waals surface area contributed by atoms with E-state index in [-0.39, 0.29) is 6.29 Å². The Morgan fingerprint density at radius 1 is 1.12 bits per heavy atom. The normalized spacial score (nSPS) is 17.7. The molecule has 0 atom stereocenters. The van der Waals surface area contributed by atoms with Crippen molar-refractivity contribution in [2.75, 3.05) is 33.9 Å². The molecule has 1 aliphatic heterocycles. The van der Waals surface area contributed by atoms with E-state index >= 15 is 0 Å². The van der Waals surface area contributed by atoms with Crippen LogP contribution in [0.25, 0.3) is 0 Å². The average molecular weight is 376 g/mol. The van der Waals surface area contributed by atoms with E-state index in [9.17, 15) is 5.11 Å². The number of ether oxygens (including phenoxy) is 2. The van der Waals surface area contributed by atoms with Gasteiger partial charge in [0.25, 0.3) is 0 Å². The molecule has 142 valence electrons. The van der Waals surface area contributed by atoms with Gasteiger partial charge in [0.15, 0.2) is 6.29 Å². The fourth-order valence-corrected chi connectivity index (χ4v) is 4.66. The molecule has 0 amide bonds. The molecule has 0 aliphatic carbocycles. The van der Waals surface area contributed by atoms with Crippen LogP contribution in [0.1, 0.15) is 28.8 Å². The number of likely N-dealkylation sites (tertiary alicyclic amines) is 1. The summed E-state index contributed by atoms with van der Waals surface area (Å²) in [5.74, 6) is 0. The van der Waals surface area contributed by atoms with Crippen molar-refractivity contribution in [3.63, 3.8) is 0 Å². The second kappa shape index (κ2) is 9.11. The van der Waals surface area contributed by atoms with Crippen LogP contribution in [-0.2, 0) is 27.9 Å². The maximum atomic E-state index is 11.3. The van der Waals surface area contributed by atoms with Gasteiger partial charge >= 0.3 is 0 Å². The Morgan fingerprint density at radius 2 is 1.81 bits per heavy atom. The molecular formula is C21H29NO3S. The molecule has 1 aromatic carbocycles. The minimum absolute atomic E-state index is 0.262. The second-order valence-corrected chi connectivity index (χ2v) is 7.97. The van der Waals surface area contributed by atoms with Crippen molar-refractivity contribution in [2.24, 2.45) is 0 Å². The lowest BCUT2D eigenvalue weighted by atomic mass is 9.84. The summed E-state index contributed by atoms with van der Waals surface area (Å²) in [4.78, 5) is 3.62. The highest BCUT2D eigenvalue weighted by Gasteiger charge is 2.36. The van der Waals surface area contributed by atoms with E-state index in [0.717, 1.165) is 44.5 Å². The van der Waals surface area contributed by atoms with Crippen LogP contribution in [0.15, 0.2) is 41.8 Å². The van der Waals surface area contributed by atoms with Crippen LogP contribution in [-0.4, -0.2) is 50.2 Å². The van der Waals surface area contributed by atoms with Crippen LogP contribution in [0.5, 0.6) is 0 Å². The summed E-state index contributed by atoms with van der Waals surface area (Å²) in [6, 6.07) is 12.7. The van der Waals surface area contributed by atoms with Crippen molar-refractivity contribution >= 4 is 11.3 Å². The molecule has 0 spiro atoms. The van der Waals surface area contributed by atoms with Gasteiger partial charge in [-0.05, 0) is 41.8 Å². The highest BCUT2D eigenvalue weighted by Crippen LogP contribution is 2.37. The molecule has 0 bridgehead atoms. The Kier molecular flexibility index (Phi) is 6.84. The first-order valence-electron chi connectivity index (χ1n) is 9.26. The number of piperidine rings is 1. The highest BCUT2D eigenvalue weighted by atomic mass is 32.1. The first-order valence-corrected chi connectivity index (χ1v) is 10.1. The Bertz CT molecular complexity index is 661. The number of benzene rings is 1. The van der Waals surface area contributed by atoms with Gasteiger partial charge in [0, 0.05) is 45.2 Å². The number of thiophene rings is 1. The van der Waals surface area contributed by atoms with E-state index < -0.39 is 5.60 Å². The number of aliphatic hydroxyl groups is 1. The van der Waals surface area contributed by atoms with E-state index in [1.54, 1.807) is 25.6 Å². The number of hydrogen-bond acceptors (Lipinski definition) is 5. The molecule has 0 unspecified atom stereocenters. The molecule has 1 fully saturated rings. The number of methoxy groups -OCH3 is 2. The summed E-state index contributed by atoms with van der Waals surface area (Å²) in [6.45, 7) is 2.90. The predicted molar refractivity (Wildman–Crippen MR) is 106 cm³/mol. The lowest BCUT2D eigenvalue weighted by Crippen LogP contribution is -2.43. The van der Waals surface area contributed by atoms with Crippen LogP contribution >= 0.6 is 11.3 Å². The number of nitrogens with zero attached hydrogens (tertiary/aromatic N) is 1. The minimum atomic E-state index is -0.732. The number of rotatable bonds is 8. The maximum Gasteiger partial charge on any atom is 0.161 e. The maximum absolute atomic E-state index is 11.3. The van der Waals surface area contributed by atoms with Crippen LogP contribution in [0.4, 0.5) is 0 Å². The minimum Gasteiger partial charge on any atom is -0.385 e. The monoisotopic (exact) mass is 375 g/mol. The third-order valence-corrected chi connectivity index (χ3v) is 6.31. The van der Waals surface area contributed by atoms with E-state index in [1.807, 2.05) is 0 Å². The molecule has 4 nitrogen and oxygen atoms in total. The van der Waals surface area contributed by atoms with Crippen LogP contribution in [0.2, 0.25) is 0 Å². The van der Waals surface area contributed by atoms with Crippen molar-refractivity contribution in [1.82, 2.24) is 4.90 Å². The van der Waals surface area contributed by atoms with Gasteiger partial charge < -0.3 is 19.5 Å². The Labute approximate surface area is 160 Å². The van der Waals surface area contributed by atoms with E-state index in [0.29, 0.717) is 6.42 Å². The van der Waals surface area contributed by atoms with Gasteiger partial charge in [0.2, 0.25) is 0 Å². The standard InChI is InChI=1S/C21H29NO3S/c1-24-20(25-2)16-19-18(9-15-26-19)21(23)10-13-22(14-11-21)12-8-17-6-4-3-5-7-17/h3-7,9,15,20,23H,8,10-14,16H2,1-2H3. The van der Waals surface area contributed by atoms with Crippen molar-refractivity contribution in [1.29, 1.82) is 0 Å². The van der Waals surface area contributed by atoms with Crippen LogP contribution in [0.3, 0.4) is 0 Å². The molecule has 1 aromatic heterocycles. The quantitative estimate of drug-likeness (QED) is 0.718. The molecule has 1 N–H and O–H groups in total. The summed E-state index contributed by atoms with van der Waals surface area (Å²) < 4.78 is 10.7. The third kappa shape index (κ3) is 4.72. The third-order valence-electron chi connectivity index (χ3n) is 5.37.